The predicted octanol–water partition coefficient (Wildman–Crippen LogP) is 4.77. The molecule has 0 fully saturated rings. The predicted molar refractivity (Wildman–Crippen MR) is 122 cm³/mol. The zero-order chi connectivity index (χ0) is 25.0. The van der Waals surface area contributed by atoms with E-state index >= 15 is 0 Å². The molecule has 0 aliphatic rings. The summed E-state index contributed by atoms with van der Waals surface area (Å²) in [6.07, 6.45) is 0. The van der Waals surface area contributed by atoms with Crippen molar-refractivity contribution in [3.8, 4) is 28.7 Å². The highest BCUT2D eigenvalue weighted by Crippen LogP contribution is 2.40. The van der Waals surface area contributed by atoms with E-state index < -0.39 is 16.4 Å². The lowest BCUT2D eigenvalue weighted by Gasteiger charge is -2.25. The maximum absolute atomic E-state index is 13.3. The number of benzene rings is 2. The molecule has 0 atom stereocenters. The summed E-state index contributed by atoms with van der Waals surface area (Å²) in [5.74, 6) is 1.20. The number of methoxy groups -OCH3 is 4. The Morgan fingerprint density at radius 1 is 0.824 bits per heavy atom. The minimum atomic E-state index is -1.10. The number of nitro groups is 1. The molecule has 1 aromatic heterocycles. The van der Waals surface area contributed by atoms with Gasteiger partial charge in [0.25, 0.3) is 0 Å². The Morgan fingerprint density at radius 3 is 1.91 bits per heavy atom. The summed E-state index contributed by atoms with van der Waals surface area (Å²) in [5.41, 5.74) is -0.478. The lowest BCUT2D eigenvalue weighted by atomic mass is 10.0. The zero-order valence-electron chi connectivity index (χ0n) is 19.7. The molecule has 3 rings (SSSR count). The maximum atomic E-state index is 13.3. The van der Waals surface area contributed by atoms with Crippen molar-refractivity contribution in [3.63, 3.8) is 0 Å². The Morgan fingerprint density at radius 2 is 1.41 bits per heavy atom. The summed E-state index contributed by atoms with van der Waals surface area (Å²) in [6, 6.07) is 10.6. The number of hydrogen-bond donors (Lipinski definition) is 0. The molecular formula is C24H25NO9. The summed E-state index contributed by atoms with van der Waals surface area (Å²) in [5, 5.41) is 11.0. The number of hydrogen-bond acceptors (Lipinski definition) is 9. The van der Waals surface area contributed by atoms with Crippen molar-refractivity contribution in [2.24, 2.45) is 0 Å². The molecule has 0 bridgehead atoms. The van der Waals surface area contributed by atoms with Crippen molar-refractivity contribution in [2.45, 2.75) is 19.4 Å². The van der Waals surface area contributed by atoms with Crippen LogP contribution in [0.3, 0.4) is 0 Å². The van der Waals surface area contributed by atoms with Gasteiger partial charge in [-0.25, -0.2) is 0 Å². The molecular weight excluding hydrogens is 446 g/mol. The fourth-order valence-corrected chi connectivity index (χ4v) is 3.35. The molecule has 10 nitrogen and oxygen atoms in total. The van der Waals surface area contributed by atoms with Gasteiger partial charge >= 0.3 is 5.88 Å². The van der Waals surface area contributed by atoms with Crippen LogP contribution >= 0.6 is 0 Å². The van der Waals surface area contributed by atoms with Gasteiger partial charge in [0.1, 0.15) is 4.92 Å². The maximum Gasteiger partial charge on any atom is 0.433 e. The van der Waals surface area contributed by atoms with Crippen LogP contribution in [0, 0.1) is 10.1 Å². The highest BCUT2D eigenvalue weighted by molar-refractivity contribution is 6.10. The van der Waals surface area contributed by atoms with Crippen LogP contribution in [0.25, 0.3) is 0 Å². The fraction of sp³-hybridized carbons (Fsp3) is 0.292. The highest BCUT2D eigenvalue weighted by atomic mass is 16.7. The van der Waals surface area contributed by atoms with Gasteiger partial charge in [-0.1, -0.05) is 0 Å². The van der Waals surface area contributed by atoms with Gasteiger partial charge < -0.3 is 28.1 Å². The van der Waals surface area contributed by atoms with Crippen molar-refractivity contribution in [3.05, 3.63) is 69.5 Å². The minimum absolute atomic E-state index is 0.239. The van der Waals surface area contributed by atoms with Gasteiger partial charge in [-0.15, -0.1) is 0 Å². The summed E-state index contributed by atoms with van der Waals surface area (Å²) in [7, 11) is 5.87. The number of ketones is 1. The number of carbonyl (C=O) groups excluding carboxylic acids is 1. The molecule has 34 heavy (non-hydrogen) atoms. The van der Waals surface area contributed by atoms with Crippen LogP contribution in [-0.2, 0) is 5.60 Å². The normalized spacial score (nSPS) is 11.0. The average molecular weight is 471 g/mol. The second-order valence-electron chi connectivity index (χ2n) is 7.62. The largest absolute Gasteiger partial charge is 0.493 e. The van der Waals surface area contributed by atoms with Crippen LogP contribution in [-0.4, -0.2) is 39.1 Å². The summed E-state index contributed by atoms with van der Waals surface area (Å²) in [4.78, 5) is 23.7. The van der Waals surface area contributed by atoms with Crippen LogP contribution < -0.4 is 23.7 Å². The minimum Gasteiger partial charge on any atom is -0.493 e. The first-order valence-corrected chi connectivity index (χ1v) is 10.1. The lowest BCUT2D eigenvalue weighted by molar-refractivity contribution is -0.402. The van der Waals surface area contributed by atoms with E-state index in [0.717, 1.165) is 0 Å². The monoisotopic (exact) mass is 471 g/mol. The third-order valence-corrected chi connectivity index (χ3v) is 5.08. The molecule has 0 saturated heterocycles. The van der Waals surface area contributed by atoms with Gasteiger partial charge in [0.15, 0.2) is 40.1 Å². The Bertz CT molecular complexity index is 1190. The summed E-state index contributed by atoms with van der Waals surface area (Å²) < 4.78 is 32.8. The smallest absolute Gasteiger partial charge is 0.433 e. The van der Waals surface area contributed by atoms with Crippen molar-refractivity contribution < 1.29 is 37.8 Å². The Kier molecular flexibility index (Phi) is 7.00. The molecule has 0 saturated carbocycles. The van der Waals surface area contributed by atoms with Crippen LogP contribution in [0.5, 0.6) is 28.7 Å². The second-order valence-corrected chi connectivity index (χ2v) is 7.62. The van der Waals surface area contributed by atoms with Crippen molar-refractivity contribution >= 4 is 11.7 Å². The molecule has 0 amide bonds. The van der Waals surface area contributed by atoms with E-state index in [4.69, 9.17) is 28.1 Å². The van der Waals surface area contributed by atoms with E-state index in [0.29, 0.717) is 34.1 Å². The first-order chi connectivity index (χ1) is 16.1. The van der Waals surface area contributed by atoms with Crippen molar-refractivity contribution in [1.29, 1.82) is 0 Å². The Labute approximate surface area is 196 Å². The summed E-state index contributed by atoms with van der Waals surface area (Å²) >= 11 is 0. The highest BCUT2D eigenvalue weighted by Gasteiger charge is 2.31. The number of nitrogens with zero attached hydrogens (tertiary/aromatic N) is 1. The van der Waals surface area contributed by atoms with E-state index in [1.54, 1.807) is 38.1 Å². The molecule has 0 spiro atoms. The SMILES string of the molecule is COc1ccc(C(=O)c2cc(OC)c(OC)c(OC)c2)cc1OC(C)(C)c1ccc([N+](=O)[O-])o1. The number of furan rings is 1. The third kappa shape index (κ3) is 4.75. The van der Waals surface area contributed by atoms with E-state index in [1.165, 1.54) is 46.6 Å². The van der Waals surface area contributed by atoms with Gasteiger partial charge in [0.05, 0.1) is 34.5 Å². The second kappa shape index (κ2) is 9.74. The molecule has 0 radical (unpaired) electrons. The zero-order valence-corrected chi connectivity index (χ0v) is 19.7. The number of ether oxygens (including phenoxy) is 5. The molecule has 0 aliphatic heterocycles. The lowest BCUT2D eigenvalue weighted by Crippen LogP contribution is -2.25. The topological polar surface area (TPSA) is 120 Å². The van der Waals surface area contributed by atoms with Gasteiger partial charge in [-0.2, -0.15) is 0 Å². The van der Waals surface area contributed by atoms with E-state index in [9.17, 15) is 14.9 Å². The number of rotatable bonds is 10. The average Bonchev–Trinajstić information content (AvgIpc) is 3.34. The Balaban J connectivity index is 1.99. The molecule has 0 unspecified atom stereocenters. The van der Waals surface area contributed by atoms with E-state index in [1.807, 2.05) is 0 Å². The molecule has 0 aliphatic carbocycles. The van der Waals surface area contributed by atoms with Gasteiger partial charge in [0, 0.05) is 11.1 Å². The van der Waals surface area contributed by atoms with Crippen LogP contribution in [0.1, 0.15) is 35.5 Å². The van der Waals surface area contributed by atoms with E-state index in [2.05, 4.69) is 0 Å². The molecule has 1 heterocycles. The Hall–Kier alpha value is -4.21. The molecule has 2 aromatic carbocycles. The fourth-order valence-electron chi connectivity index (χ4n) is 3.35. The van der Waals surface area contributed by atoms with Gasteiger partial charge in [0.2, 0.25) is 5.75 Å². The van der Waals surface area contributed by atoms with Crippen LogP contribution in [0.15, 0.2) is 46.9 Å². The molecule has 180 valence electrons. The van der Waals surface area contributed by atoms with Crippen LogP contribution in [0.2, 0.25) is 0 Å². The van der Waals surface area contributed by atoms with E-state index in [-0.39, 0.29) is 17.3 Å². The number of carbonyl (C=O) groups is 1. The summed E-state index contributed by atoms with van der Waals surface area (Å²) in [6.45, 7) is 3.37. The molecule has 3 aromatic rings. The van der Waals surface area contributed by atoms with Crippen molar-refractivity contribution in [2.75, 3.05) is 28.4 Å². The molecule has 10 heteroatoms. The first-order valence-electron chi connectivity index (χ1n) is 10.1. The third-order valence-electron chi connectivity index (χ3n) is 5.08. The standard InChI is InChI=1S/C24H25NO9/c1-24(2,20-9-10-21(33-20)25(27)28)34-17-11-14(7-8-16(17)29-3)22(26)15-12-18(30-4)23(32-6)19(13-15)31-5/h7-13H,1-6H3. The van der Waals surface area contributed by atoms with Crippen LogP contribution in [0.4, 0.5) is 5.88 Å². The van der Waals surface area contributed by atoms with Gasteiger partial charge in [-0.05, 0) is 50.2 Å². The first kappa shape index (κ1) is 24.4. The van der Waals surface area contributed by atoms with Gasteiger partial charge in [-0.3, -0.25) is 14.9 Å². The van der Waals surface area contributed by atoms with Crippen molar-refractivity contribution in [1.82, 2.24) is 0 Å². The quantitative estimate of drug-likeness (QED) is 0.234. The molecule has 0 N–H and O–H groups in total.